The van der Waals surface area contributed by atoms with Gasteiger partial charge in [0.2, 0.25) is 18.2 Å². The van der Waals surface area contributed by atoms with E-state index in [1.165, 1.54) is 42.3 Å². The minimum Gasteiger partial charge on any atom is -0.496 e. The summed E-state index contributed by atoms with van der Waals surface area (Å²) < 4.78 is 36.2. The van der Waals surface area contributed by atoms with Crippen molar-refractivity contribution in [2.24, 2.45) is 11.3 Å². The number of ether oxygens (including phenoxy) is 4. The fourth-order valence-electron chi connectivity index (χ4n) is 5.23. The van der Waals surface area contributed by atoms with E-state index in [9.17, 15) is 24.1 Å². The molecule has 0 spiro atoms. The van der Waals surface area contributed by atoms with Crippen molar-refractivity contribution in [1.29, 1.82) is 0 Å². The summed E-state index contributed by atoms with van der Waals surface area (Å²) >= 11 is 0. The number of Topliss-reactive ketones (excluding diaryl/α,β-unsaturated/α-hetero) is 1. The number of carbonyl (C=O) groups excluding carboxylic acids is 3. The molecule has 1 unspecified atom stereocenters. The van der Waals surface area contributed by atoms with Crippen LogP contribution in [0.4, 0.5) is 0 Å². The molecule has 0 heterocycles. The highest BCUT2D eigenvalue weighted by atomic mass is 31.2. The zero-order chi connectivity index (χ0) is 34.9. The van der Waals surface area contributed by atoms with Gasteiger partial charge in [-0.15, -0.1) is 0 Å². The van der Waals surface area contributed by atoms with Crippen LogP contribution in [0.5, 0.6) is 23.0 Å². The van der Waals surface area contributed by atoms with E-state index in [4.69, 9.17) is 18.9 Å². The first-order chi connectivity index (χ1) is 21.4. The van der Waals surface area contributed by atoms with Crippen LogP contribution in [0.3, 0.4) is 0 Å². The van der Waals surface area contributed by atoms with Gasteiger partial charge in [-0.25, -0.2) is 0 Å². The Kier molecular flexibility index (Phi) is 13.3. The largest absolute Gasteiger partial charge is 0.496 e. The topological polar surface area (TPSA) is 125 Å². The average molecular weight is 655 g/mol. The molecule has 1 atom stereocenters. The third kappa shape index (κ3) is 9.54. The van der Waals surface area contributed by atoms with Crippen LogP contribution in [0.15, 0.2) is 66.7 Å². The van der Waals surface area contributed by atoms with Crippen LogP contribution < -0.4 is 18.9 Å². The predicted octanol–water partition coefficient (Wildman–Crippen LogP) is 7.78. The highest BCUT2D eigenvalue weighted by Crippen LogP contribution is 2.58. The molecule has 1 N–H and O–H groups in total. The fraction of sp³-hybridized carbons (Fsp3) is 0.417. The second-order valence-electron chi connectivity index (χ2n) is 12.7. The summed E-state index contributed by atoms with van der Waals surface area (Å²) in [4.78, 5) is 39.4. The van der Waals surface area contributed by atoms with E-state index in [-0.39, 0.29) is 57.4 Å². The Bertz CT molecular complexity index is 1430. The van der Waals surface area contributed by atoms with Gasteiger partial charge in [-0.2, -0.15) is 0 Å². The van der Waals surface area contributed by atoms with Crippen molar-refractivity contribution >= 4 is 24.0 Å². The summed E-state index contributed by atoms with van der Waals surface area (Å²) in [6, 6.07) is 18.4. The molecule has 0 aliphatic rings. The number of carbonyl (C=O) groups is 3. The van der Waals surface area contributed by atoms with Gasteiger partial charge in [0.05, 0.1) is 28.4 Å². The summed E-state index contributed by atoms with van der Waals surface area (Å²) in [5.41, 5.74) is -2.45. The maximum atomic E-state index is 14.7. The zero-order valence-electron chi connectivity index (χ0n) is 28.5. The molecule has 46 heavy (non-hydrogen) atoms. The Morgan fingerprint density at radius 3 is 1.35 bits per heavy atom. The van der Waals surface area contributed by atoms with E-state index in [2.05, 4.69) is 20.8 Å². The summed E-state index contributed by atoms with van der Waals surface area (Å²) in [6.07, 6.45) is 0.564. The van der Waals surface area contributed by atoms with Crippen molar-refractivity contribution in [3.8, 4) is 23.0 Å². The number of aliphatic hydroxyl groups is 1. The maximum absolute atomic E-state index is 14.7. The van der Waals surface area contributed by atoms with Gasteiger partial charge in [0.1, 0.15) is 39.7 Å². The van der Waals surface area contributed by atoms with Crippen molar-refractivity contribution in [3.05, 3.63) is 83.4 Å². The van der Waals surface area contributed by atoms with Gasteiger partial charge in [-0.3, -0.25) is 14.4 Å². The molecule has 3 aromatic rings. The molecular formula is C36H47O9P. The molecule has 3 aromatic carbocycles. The van der Waals surface area contributed by atoms with Gasteiger partial charge in [-0.05, 0) is 55.9 Å². The van der Waals surface area contributed by atoms with Crippen LogP contribution in [0.2, 0.25) is 0 Å². The predicted molar refractivity (Wildman–Crippen MR) is 181 cm³/mol. The molecule has 0 saturated heterocycles. The third-order valence-electron chi connectivity index (χ3n) is 7.06. The first-order valence-electron chi connectivity index (χ1n) is 14.9. The van der Waals surface area contributed by atoms with Crippen molar-refractivity contribution < 1.29 is 43.0 Å². The number of methoxy groups -OCH3 is 4. The molecule has 0 aliphatic heterocycles. The standard InChI is InChI=1S/C26H35O7P.C10H12O2/c1-17(15-26(2,3)4)16-34(29,24(27)22-18(30-5)11-9-12-19(22)31-6)25(28)23-20(32-7)13-10-14-21(23)33-8;1-10(2,12)9(11)8-6-4-3-5-7-8/h9-14,17H,15-16H2,1-8H3;3-7,12H,1-2H3. The van der Waals surface area contributed by atoms with Gasteiger partial charge in [0, 0.05) is 11.7 Å². The van der Waals surface area contributed by atoms with Crippen molar-refractivity contribution in [3.63, 3.8) is 0 Å². The third-order valence-corrected chi connectivity index (χ3v) is 9.96. The van der Waals surface area contributed by atoms with E-state index in [0.717, 1.165) is 0 Å². The van der Waals surface area contributed by atoms with E-state index in [1.54, 1.807) is 60.7 Å². The molecule has 250 valence electrons. The summed E-state index contributed by atoms with van der Waals surface area (Å²) in [5.74, 6) is 0.324. The van der Waals surface area contributed by atoms with E-state index < -0.39 is 23.8 Å². The quantitative estimate of drug-likeness (QED) is 0.145. The van der Waals surface area contributed by atoms with Gasteiger partial charge >= 0.3 is 0 Å². The van der Waals surface area contributed by atoms with Crippen molar-refractivity contribution in [2.45, 2.75) is 53.6 Å². The smallest absolute Gasteiger partial charge is 0.236 e. The lowest BCUT2D eigenvalue weighted by molar-refractivity contribution is 0.0488. The molecular weight excluding hydrogens is 607 g/mol. The molecule has 0 radical (unpaired) electrons. The zero-order valence-corrected chi connectivity index (χ0v) is 29.4. The molecule has 0 fully saturated rings. The van der Waals surface area contributed by atoms with E-state index >= 15 is 0 Å². The van der Waals surface area contributed by atoms with Crippen LogP contribution in [0.25, 0.3) is 0 Å². The normalized spacial score (nSPS) is 12.2. The minimum atomic E-state index is -4.25. The lowest BCUT2D eigenvalue weighted by Crippen LogP contribution is -2.30. The molecule has 3 rings (SSSR count). The molecule has 0 amide bonds. The van der Waals surface area contributed by atoms with E-state index in [0.29, 0.717) is 12.0 Å². The molecule has 10 heteroatoms. The number of hydrogen-bond donors (Lipinski definition) is 1. The van der Waals surface area contributed by atoms with Crippen LogP contribution >= 0.6 is 7.14 Å². The van der Waals surface area contributed by atoms with Crippen LogP contribution in [-0.2, 0) is 4.57 Å². The lowest BCUT2D eigenvalue weighted by atomic mass is 9.86. The van der Waals surface area contributed by atoms with Crippen molar-refractivity contribution in [1.82, 2.24) is 0 Å². The number of benzene rings is 3. The fourth-order valence-corrected chi connectivity index (χ4v) is 7.92. The second-order valence-corrected chi connectivity index (χ2v) is 15.4. The Balaban J connectivity index is 0.000000512. The maximum Gasteiger partial charge on any atom is 0.236 e. The van der Waals surface area contributed by atoms with Gasteiger partial charge in [-0.1, -0.05) is 70.2 Å². The Morgan fingerprint density at radius 1 is 0.674 bits per heavy atom. The average Bonchev–Trinajstić information content (AvgIpc) is 3.01. The second kappa shape index (κ2) is 16.1. The Labute approximate surface area is 272 Å². The highest BCUT2D eigenvalue weighted by molar-refractivity contribution is 7.95. The van der Waals surface area contributed by atoms with Crippen LogP contribution in [-0.4, -0.2) is 62.1 Å². The number of hydrogen-bond acceptors (Lipinski definition) is 9. The molecule has 9 nitrogen and oxygen atoms in total. The van der Waals surface area contributed by atoms with Gasteiger partial charge < -0.3 is 28.6 Å². The summed E-state index contributed by atoms with van der Waals surface area (Å²) in [5, 5.41) is 9.39. The first kappa shape index (κ1) is 38.2. The van der Waals surface area contributed by atoms with Gasteiger partial charge in [0.25, 0.3) is 0 Å². The monoisotopic (exact) mass is 654 g/mol. The minimum absolute atomic E-state index is 0.0130. The molecule has 0 bridgehead atoms. The summed E-state index contributed by atoms with van der Waals surface area (Å²) in [7, 11) is 1.38. The molecule has 0 aliphatic carbocycles. The van der Waals surface area contributed by atoms with Crippen LogP contribution in [0.1, 0.15) is 79.0 Å². The molecule has 0 saturated carbocycles. The van der Waals surface area contributed by atoms with Crippen LogP contribution in [0, 0.1) is 11.3 Å². The highest BCUT2D eigenvalue weighted by Gasteiger charge is 2.46. The Morgan fingerprint density at radius 2 is 1.04 bits per heavy atom. The molecule has 0 aromatic heterocycles. The number of ketones is 1. The van der Waals surface area contributed by atoms with Gasteiger partial charge in [0.15, 0.2) is 5.78 Å². The number of rotatable bonds is 13. The van der Waals surface area contributed by atoms with E-state index in [1.807, 2.05) is 13.0 Å². The first-order valence-corrected chi connectivity index (χ1v) is 16.8. The summed E-state index contributed by atoms with van der Waals surface area (Å²) in [6.45, 7) is 11.1. The van der Waals surface area contributed by atoms with Crippen molar-refractivity contribution in [2.75, 3.05) is 34.6 Å². The SMILES string of the molecule is CC(C)(O)C(=O)c1ccccc1.COc1cccc(OC)c1C(=O)P(=O)(CC(C)CC(C)(C)C)C(=O)c1c(OC)cccc1OC. The lowest BCUT2D eigenvalue weighted by Gasteiger charge is -2.27. The Hall–Kier alpha value is -3.94.